The number of hydrogen-bond acceptors (Lipinski definition) is 2. The van der Waals surface area contributed by atoms with E-state index in [0.717, 1.165) is 12.2 Å². The molecule has 1 fully saturated rings. The Morgan fingerprint density at radius 2 is 1.95 bits per heavy atom. The van der Waals surface area contributed by atoms with E-state index in [4.69, 9.17) is 10.5 Å². The summed E-state index contributed by atoms with van der Waals surface area (Å²) in [5.74, 6) is 1.88. The largest absolute Gasteiger partial charge is 0.496 e. The molecule has 3 atom stereocenters. The first-order valence-electron chi connectivity index (χ1n) is 8.49. The molecule has 1 aromatic rings. The lowest BCUT2D eigenvalue weighted by atomic mass is 9.55. The second kappa shape index (κ2) is 5.13. The minimum Gasteiger partial charge on any atom is -0.496 e. The second-order valence-electron chi connectivity index (χ2n) is 7.95. The maximum absolute atomic E-state index is 6.64. The van der Waals surface area contributed by atoms with Crippen LogP contribution in [0.25, 0.3) is 6.08 Å². The molecular formula is C20H29NO. The Hall–Kier alpha value is -1.28. The van der Waals surface area contributed by atoms with Crippen LogP contribution in [0.2, 0.25) is 0 Å². The van der Waals surface area contributed by atoms with Crippen molar-refractivity contribution in [1.82, 2.24) is 0 Å². The lowest BCUT2D eigenvalue weighted by Gasteiger charge is -2.52. The monoisotopic (exact) mass is 299 g/mol. The number of ether oxygens (including phenoxy) is 1. The highest BCUT2D eigenvalue weighted by Gasteiger charge is 2.48. The molecule has 2 N–H and O–H groups in total. The van der Waals surface area contributed by atoms with Gasteiger partial charge in [-0.1, -0.05) is 39.3 Å². The Bertz CT molecular complexity index is 614. The van der Waals surface area contributed by atoms with Crippen LogP contribution in [0.3, 0.4) is 0 Å². The number of hydrogen-bond donors (Lipinski definition) is 1. The highest BCUT2D eigenvalue weighted by atomic mass is 16.5. The Balaban J connectivity index is 2.18. The van der Waals surface area contributed by atoms with Gasteiger partial charge >= 0.3 is 0 Å². The molecule has 2 aliphatic rings. The van der Waals surface area contributed by atoms with Crippen molar-refractivity contribution in [2.45, 2.75) is 63.8 Å². The number of methoxy groups -OCH3 is 1. The first-order chi connectivity index (χ1) is 10.3. The van der Waals surface area contributed by atoms with Crippen LogP contribution in [0.1, 0.15) is 69.6 Å². The summed E-state index contributed by atoms with van der Waals surface area (Å²) in [7, 11) is 1.78. The zero-order valence-corrected chi connectivity index (χ0v) is 14.6. The molecule has 0 saturated heterocycles. The predicted octanol–water partition coefficient (Wildman–Crippen LogP) is 4.62. The topological polar surface area (TPSA) is 35.2 Å². The van der Waals surface area contributed by atoms with Crippen molar-refractivity contribution >= 4 is 6.08 Å². The Kier molecular flexibility index (Phi) is 3.64. The van der Waals surface area contributed by atoms with Crippen LogP contribution >= 0.6 is 0 Å². The van der Waals surface area contributed by atoms with Crippen LogP contribution in [-0.2, 0) is 5.41 Å². The van der Waals surface area contributed by atoms with Gasteiger partial charge in [-0.15, -0.1) is 0 Å². The van der Waals surface area contributed by atoms with Gasteiger partial charge in [0.05, 0.1) is 7.11 Å². The average molecular weight is 299 g/mol. The van der Waals surface area contributed by atoms with Crippen molar-refractivity contribution in [2.24, 2.45) is 11.7 Å². The van der Waals surface area contributed by atoms with Gasteiger partial charge in [-0.05, 0) is 54.5 Å². The molecule has 0 spiro atoms. The van der Waals surface area contributed by atoms with E-state index in [-0.39, 0.29) is 11.0 Å². The summed E-state index contributed by atoms with van der Waals surface area (Å²) in [5.41, 5.74) is 10.7. The molecule has 120 valence electrons. The molecule has 2 aliphatic carbocycles. The number of benzene rings is 1. The molecule has 0 radical (unpaired) electrons. The normalized spacial score (nSPS) is 33.5. The SMILES string of the molecule is COc1cc2c(cc1C(C)C)C=CC1C2(C)CCC[C@@]1(C)N. The molecule has 1 aromatic carbocycles. The van der Waals surface area contributed by atoms with E-state index in [2.05, 4.69) is 52.0 Å². The average Bonchev–Trinajstić information content (AvgIpc) is 2.45. The molecule has 0 bridgehead atoms. The Morgan fingerprint density at radius 3 is 2.59 bits per heavy atom. The Morgan fingerprint density at radius 1 is 1.23 bits per heavy atom. The van der Waals surface area contributed by atoms with Gasteiger partial charge in [-0.25, -0.2) is 0 Å². The second-order valence-corrected chi connectivity index (χ2v) is 7.95. The van der Waals surface area contributed by atoms with Gasteiger partial charge < -0.3 is 10.5 Å². The van der Waals surface area contributed by atoms with E-state index in [0.29, 0.717) is 11.8 Å². The third-order valence-corrected chi connectivity index (χ3v) is 5.92. The molecule has 0 heterocycles. The van der Waals surface area contributed by atoms with Crippen molar-refractivity contribution < 1.29 is 4.74 Å². The molecule has 2 nitrogen and oxygen atoms in total. The van der Waals surface area contributed by atoms with Crippen molar-refractivity contribution in [3.05, 3.63) is 34.9 Å². The quantitative estimate of drug-likeness (QED) is 0.864. The molecule has 3 rings (SSSR count). The zero-order valence-electron chi connectivity index (χ0n) is 14.6. The smallest absolute Gasteiger partial charge is 0.122 e. The van der Waals surface area contributed by atoms with Crippen molar-refractivity contribution in [2.75, 3.05) is 7.11 Å². The summed E-state index contributed by atoms with van der Waals surface area (Å²) in [4.78, 5) is 0. The van der Waals surface area contributed by atoms with Gasteiger partial charge in [-0.2, -0.15) is 0 Å². The summed E-state index contributed by atoms with van der Waals surface area (Å²) in [6.45, 7) is 9.04. The van der Waals surface area contributed by atoms with Crippen LogP contribution in [0.4, 0.5) is 0 Å². The standard InChI is InChI=1S/C20H29NO/c1-13(2)15-11-14-7-8-18-19(3,9-6-10-20(18,4)21)16(14)12-17(15)22-5/h7-8,11-13,18H,6,9-10,21H2,1-5H3/t18?,19?,20-/m1/s1. The van der Waals surface area contributed by atoms with Gasteiger partial charge in [0.15, 0.2) is 0 Å². The highest BCUT2D eigenvalue weighted by Crippen LogP contribution is 2.52. The highest BCUT2D eigenvalue weighted by molar-refractivity contribution is 5.64. The molecule has 0 aliphatic heterocycles. The van der Waals surface area contributed by atoms with E-state index in [1.807, 2.05) is 0 Å². The van der Waals surface area contributed by atoms with Gasteiger partial charge in [0.1, 0.15) is 5.75 Å². The van der Waals surface area contributed by atoms with Crippen molar-refractivity contribution in [1.29, 1.82) is 0 Å². The van der Waals surface area contributed by atoms with Gasteiger partial charge in [0.25, 0.3) is 0 Å². The fourth-order valence-electron chi connectivity index (χ4n) is 4.68. The van der Waals surface area contributed by atoms with Crippen LogP contribution in [0.15, 0.2) is 18.2 Å². The van der Waals surface area contributed by atoms with Crippen molar-refractivity contribution in [3.8, 4) is 5.75 Å². The molecule has 0 amide bonds. The fourth-order valence-corrected chi connectivity index (χ4v) is 4.68. The minimum atomic E-state index is -0.120. The van der Waals surface area contributed by atoms with Gasteiger partial charge in [0.2, 0.25) is 0 Å². The summed E-state index contributed by atoms with van der Waals surface area (Å²) < 4.78 is 5.69. The first kappa shape index (κ1) is 15.6. The van der Waals surface area contributed by atoms with E-state index in [9.17, 15) is 0 Å². The lowest BCUT2D eigenvalue weighted by Crippen LogP contribution is -2.56. The molecular weight excluding hydrogens is 270 g/mol. The maximum Gasteiger partial charge on any atom is 0.122 e. The summed E-state index contributed by atoms with van der Waals surface area (Å²) in [5, 5.41) is 0. The van der Waals surface area contributed by atoms with Gasteiger partial charge in [0, 0.05) is 16.9 Å². The molecule has 22 heavy (non-hydrogen) atoms. The third kappa shape index (κ3) is 2.20. The third-order valence-electron chi connectivity index (χ3n) is 5.92. The Labute approximate surface area is 134 Å². The van der Waals surface area contributed by atoms with Crippen molar-refractivity contribution in [3.63, 3.8) is 0 Å². The minimum absolute atomic E-state index is 0.120. The summed E-state index contributed by atoms with van der Waals surface area (Å²) in [6.07, 6.45) is 8.14. The maximum atomic E-state index is 6.64. The summed E-state index contributed by atoms with van der Waals surface area (Å²) >= 11 is 0. The number of rotatable bonds is 2. The van der Waals surface area contributed by atoms with E-state index < -0.39 is 0 Å². The van der Waals surface area contributed by atoms with E-state index in [1.165, 1.54) is 29.5 Å². The van der Waals surface area contributed by atoms with Crippen LogP contribution < -0.4 is 10.5 Å². The number of fused-ring (bicyclic) bond motifs is 3. The van der Waals surface area contributed by atoms with Gasteiger partial charge in [-0.3, -0.25) is 0 Å². The van der Waals surface area contributed by atoms with Crippen LogP contribution in [0, 0.1) is 5.92 Å². The molecule has 2 heteroatoms. The summed E-state index contributed by atoms with van der Waals surface area (Å²) in [6, 6.07) is 4.60. The molecule has 1 saturated carbocycles. The zero-order chi connectivity index (χ0) is 16.1. The lowest BCUT2D eigenvalue weighted by molar-refractivity contribution is 0.146. The number of nitrogens with two attached hydrogens (primary N) is 1. The molecule has 2 unspecified atom stereocenters. The van der Waals surface area contributed by atoms with Crippen LogP contribution in [-0.4, -0.2) is 12.6 Å². The van der Waals surface area contributed by atoms with E-state index in [1.54, 1.807) is 7.11 Å². The first-order valence-corrected chi connectivity index (χ1v) is 8.49. The fraction of sp³-hybridized carbons (Fsp3) is 0.600. The van der Waals surface area contributed by atoms with E-state index >= 15 is 0 Å². The van der Waals surface area contributed by atoms with Crippen LogP contribution in [0.5, 0.6) is 5.75 Å². The molecule has 0 aromatic heterocycles. The predicted molar refractivity (Wildman–Crippen MR) is 93.4 cm³/mol.